The first-order valence-electron chi connectivity index (χ1n) is 6.72. The number of nitrogens with one attached hydrogen (secondary N) is 1. The molecule has 0 amide bonds. The molecule has 0 aliphatic heterocycles. The minimum Gasteiger partial charge on any atom is -0.391 e. The summed E-state index contributed by atoms with van der Waals surface area (Å²) < 4.78 is 1.92. The standard InChI is InChI=1S/C13H20BrN3O2/c1-8(2)17-13(19)12(14)10(7-15-17)16-9-5-3-4-6-11(9)18/h7-9,11,16,18H,3-6H2,1-2H3. The van der Waals surface area contributed by atoms with Crippen LogP contribution in [0.25, 0.3) is 0 Å². The van der Waals surface area contributed by atoms with Crippen molar-refractivity contribution in [3.8, 4) is 0 Å². The highest BCUT2D eigenvalue weighted by atomic mass is 79.9. The van der Waals surface area contributed by atoms with E-state index in [0.29, 0.717) is 10.2 Å². The lowest BCUT2D eigenvalue weighted by atomic mass is 9.92. The Morgan fingerprint density at radius 2 is 2.16 bits per heavy atom. The van der Waals surface area contributed by atoms with Crippen LogP contribution in [0.1, 0.15) is 45.6 Å². The van der Waals surface area contributed by atoms with Gasteiger partial charge < -0.3 is 10.4 Å². The van der Waals surface area contributed by atoms with E-state index in [1.54, 1.807) is 6.20 Å². The minimum atomic E-state index is -0.354. The maximum absolute atomic E-state index is 12.1. The smallest absolute Gasteiger partial charge is 0.283 e. The van der Waals surface area contributed by atoms with Gasteiger partial charge in [-0.25, -0.2) is 4.68 Å². The second-order valence-corrected chi connectivity index (χ2v) is 6.11. The molecule has 6 heteroatoms. The zero-order valence-electron chi connectivity index (χ0n) is 11.3. The number of rotatable bonds is 3. The molecule has 0 bridgehead atoms. The van der Waals surface area contributed by atoms with Gasteiger partial charge in [0.05, 0.1) is 30.1 Å². The van der Waals surface area contributed by atoms with Gasteiger partial charge in [0.15, 0.2) is 0 Å². The number of nitrogens with zero attached hydrogens (tertiary/aromatic N) is 2. The van der Waals surface area contributed by atoms with Gasteiger partial charge >= 0.3 is 0 Å². The van der Waals surface area contributed by atoms with Gasteiger partial charge in [0.1, 0.15) is 4.47 Å². The maximum Gasteiger partial charge on any atom is 0.283 e. The molecule has 0 saturated heterocycles. The van der Waals surface area contributed by atoms with Gasteiger partial charge in [0.2, 0.25) is 0 Å². The van der Waals surface area contributed by atoms with E-state index in [0.717, 1.165) is 25.7 Å². The van der Waals surface area contributed by atoms with Crippen molar-refractivity contribution in [2.24, 2.45) is 0 Å². The molecule has 0 spiro atoms. The monoisotopic (exact) mass is 329 g/mol. The van der Waals surface area contributed by atoms with E-state index < -0.39 is 0 Å². The van der Waals surface area contributed by atoms with Crippen molar-refractivity contribution in [1.82, 2.24) is 9.78 Å². The molecule has 1 aliphatic rings. The summed E-state index contributed by atoms with van der Waals surface area (Å²) in [7, 11) is 0. The van der Waals surface area contributed by atoms with Gasteiger partial charge in [-0.15, -0.1) is 0 Å². The first-order chi connectivity index (χ1) is 9.00. The summed E-state index contributed by atoms with van der Waals surface area (Å²) >= 11 is 3.33. The molecule has 5 nitrogen and oxygen atoms in total. The second-order valence-electron chi connectivity index (χ2n) is 5.32. The van der Waals surface area contributed by atoms with Crippen LogP contribution in [0.2, 0.25) is 0 Å². The van der Waals surface area contributed by atoms with Crippen molar-refractivity contribution >= 4 is 21.6 Å². The normalized spacial score (nSPS) is 23.6. The van der Waals surface area contributed by atoms with Crippen LogP contribution in [0.15, 0.2) is 15.5 Å². The molecule has 1 heterocycles. The molecule has 2 rings (SSSR count). The lowest BCUT2D eigenvalue weighted by molar-refractivity contribution is 0.116. The van der Waals surface area contributed by atoms with Crippen molar-refractivity contribution in [2.45, 2.75) is 57.7 Å². The molecule has 1 aromatic rings. The summed E-state index contributed by atoms with van der Waals surface area (Å²) in [5.41, 5.74) is 0.512. The molecule has 1 aliphatic carbocycles. The molecule has 106 valence electrons. The number of hydrogen-bond donors (Lipinski definition) is 2. The Morgan fingerprint density at radius 1 is 1.47 bits per heavy atom. The van der Waals surface area contributed by atoms with Crippen molar-refractivity contribution in [3.63, 3.8) is 0 Å². The third-order valence-electron chi connectivity index (χ3n) is 3.50. The fourth-order valence-electron chi connectivity index (χ4n) is 2.39. The summed E-state index contributed by atoms with van der Waals surface area (Å²) in [6, 6.07) is 0.0271. The SMILES string of the molecule is CC(C)n1ncc(NC2CCCCC2O)c(Br)c1=O. The van der Waals surface area contributed by atoms with E-state index in [-0.39, 0.29) is 23.7 Å². The molecular formula is C13H20BrN3O2. The Bertz CT molecular complexity index is 501. The fraction of sp³-hybridized carbons (Fsp3) is 0.692. The lowest BCUT2D eigenvalue weighted by Crippen LogP contribution is -2.37. The Balaban J connectivity index is 2.21. The number of halogens is 1. The molecule has 2 atom stereocenters. The summed E-state index contributed by atoms with van der Waals surface area (Å²) in [6.07, 6.45) is 5.18. The number of anilines is 1. The van der Waals surface area contributed by atoms with E-state index in [9.17, 15) is 9.90 Å². The van der Waals surface area contributed by atoms with Crippen LogP contribution in [0.3, 0.4) is 0 Å². The van der Waals surface area contributed by atoms with Crippen LogP contribution >= 0.6 is 15.9 Å². The lowest BCUT2D eigenvalue weighted by Gasteiger charge is -2.29. The van der Waals surface area contributed by atoms with Crippen molar-refractivity contribution in [1.29, 1.82) is 0 Å². The molecule has 1 aromatic heterocycles. The van der Waals surface area contributed by atoms with Crippen LogP contribution in [0, 0.1) is 0 Å². The molecular weight excluding hydrogens is 310 g/mol. The van der Waals surface area contributed by atoms with E-state index in [1.165, 1.54) is 4.68 Å². The van der Waals surface area contributed by atoms with Crippen LogP contribution in [-0.2, 0) is 0 Å². The van der Waals surface area contributed by atoms with Crippen LogP contribution < -0.4 is 10.9 Å². The van der Waals surface area contributed by atoms with Gasteiger partial charge in [-0.05, 0) is 42.6 Å². The van der Waals surface area contributed by atoms with E-state index in [4.69, 9.17) is 0 Å². The average molecular weight is 330 g/mol. The molecule has 19 heavy (non-hydrogen) atoms. The van der Waals surface area contributed by atoms with Crippen molar-refractivity contribution < 1.29 is 5.11 Å². The second kappa shape index (κ2) is 6.05. The maximum atomic E-state index is 12.1. The predicted octanol–water partition coefficient (Wildman–Crippen LogP) is 2.30. The highest BCUT2D eigenvalue weighted by Gasteiger charge is 2.24. The Kier molecular flexibility index (Phi) is 4.62. The van der Waals surface area contributed by atoms with Gasteiger partial charge in [-0.3, -0.25) is 4.79 Å². The highest BCUT2D eigenvalue weighted by Crippen LogP contribution is 2.25. The van der Waals surface area contributed by atoms with E-state index in [2.05, 4.69) is 26.3 Å². The van der Waals surface area contributed by atoms with Crippen molar-refractivity contribution in [3.05, 3.63) is 21.0 Å². The fourth-order valence-corrected chi connectivity index (χ4v) is 2.79. The molecule has 0 aromatic carbocycles. The molecule has 1 saturated carbocycles. The van der Waals surface area contributed by atoms with Crippen LogP contribution in [0.5, 0.6) is 0 Å². The minimum absolute atomic E-state index is 0.00106. The number of aromatic nitrogens is 2. The van der Waals surface area contributed by atoms with E-state index >= 15 is 0 Å². The largest absolute Gasteiger partial charge is 0.391 e. The third kappa shape index (κ3) is 3.17. The first-order valence-corrected chi connectivity index (χ1v) is 7.52. The first kappa shape index (κ1) is 14.5. The molecule has 2 unspecified atom stereocenters. The quantitative estimate of drug-likeness (QED) is 0.892. The summed E-state index contributed by atoms with van der Waals surface area (Å²) in [4.78, 5) is 12.1. The van der Waals surface area contributed by atoms with Gasteiger partial charge in [0, 0.05) is 0 Å². The Hall–Kier alpha value is -0.880. The zero-order chi connectivity index (χ0) is 14.0. The summed E-state index contributed by atoms with van der Waals surface area (Å²) in [5, 5.41) is 17.3. The van der Waals surface area contributed by atoms with Crippen LogP contribution in [-0.4, -0.2) is 27.0 Å². The third-order valence-corrected chi connectivity index (χ3v) is 4.27. The van der Waals surface area contributed by atoms with Gasteiger partial charge in [0.25, 0.3) is 5.56 Å². The van der Waals surface area contributed by atoms with E-state index in [1.807, 2.05) is 13.8 Å². The molecule has 0 radical (unpaired) electrons. The van der Waals surface area contributed by atoms with Gasteiger partial charge in [-0.2, -0.15) is 5.10 Å². The highest BCUT2D eigenvalue weighted by molar-refractivity contribution is 9.10. The Labute approximate surface area is 121 Å². The predicted molar refractivity (Wildman–Crippen MR) is 78.5 cm³/mol. The molecule has 2 N–H and O–H groups in total. The summed E-state index contributed by atoms with van der Waals surface area (Å²) in [5.74, 6) is 0. The molecule has 1 fully saturated rings. The average Bonchev–Trinajstić information content (AvgIpc) is 2.37. The van der Waals surface area contributed by atoms with Crippen molar-refractivity contribution in [2.75, 3.05) is 5.32 Å². The topological polar surface area (TPSA) is 67.2 Å². The number of aliphatic hydroxyl groups excluding tert-OH is 1. The number of hydrogen-bond acceptors (Lipinski definition) is 4. The number of aliphatic hydroxyl groups is 1. The summed E-state index contributed by atoms with van der Waals surface area (Å²) in [6.45, 7) is 3.83. The Morgan fingerprint density at radius 3 is 2.79 bits per heavy atom. The zero-order valence-corrected chi connectivity index (χ0v) is 12.9. The van der Waals surface area contributed by atoms with Gasteiger partial charge in [-0.1, -0.05) is 12.8 Å². The van der Waals surface area contributed by atoms with Crippen LogP contribution in [0.4, 0.5) is 5.69 Å².